The summed E-state index contributed by atoms with van der Waals surface area (Å²) in [5, 5.41) is 12.9. The number of hydrogen-bond donors (Lipinski definition) is 1. The van der Waals surface area contributed by atoms with Gasteiger partial charge in [-0.05, 0) is 98.7 Å². The molecule has 1 N–H and O–H groups in total. The number of fused-ring (bicyclic) bond motifs is 2. The monoisotopic (exact) mass is 587 g/mol. The molecule has 1 saturated carbocycles. The predicted molar refractivity (Wildman–Crippen MR) is 165 cm³/mol. The number of piperidine rings is 1. The molecular weight excluding hydrogens is 546 g/mol. The average Bonchev–Trinajstić information content (AvgIpc) is 3.38. The highest BCUT2D eigenvalue weighted by atomic mass is 32.1. The molecule has 0 spiro atoms. The van der Waals surface area contributed by atoms with Crippen molar-refractivity contribution in [2.24, 2.45) is 11.3 Å². The quantitative estimate of drug-likeness (QED) is 0.355. The molecular formula is C34H41N3O4S. The second kappa shape index (κ2) is 10.6. The van der Waals surface area contributed by atoms with E-state index < -0.39 is 11.4 Å². The number of carbonyl (C=O) groups is 1. The van der Waals surface area contributed by atoms with Crippen molar-refractivity contribution in [1.82, 2.24) is 9.88 Å². The fraction of sp³-hybridized carbons (Fsp3) is 0.529. The first-order valence-electron chi connectivity index (χ1n) is 15.4. The van der Waals surface area contributed by atoms with Gasteiger partial charge in [0, 0.05) is 55.9 Å². The van der Waals surface area contributed by atoms with E-state index in [1.807, 2.05) is 6.92 Å². The number of aliphatic carboxylic acids is 1. The number of carboxylic acids is 1. The van der Waals surface area contributed by atoms with Crippen molar-refractivity contribution in [2.45, 2.75) is 78.6 Å². The molecule has 2 aromatic carbocycles. The van der Waals surface area contributed by atoms with Crippen molar-refractivity contribution in [2.75, 3.05) is 31.2 Å². The van der Waals surface area contributed by atoms with Crippen LogP contribution in [0.5, 0.6) is 5.75 Å². The van der Waals surface area contributed by atoms with Crippen molar-refractivity contribution in [3.63, 3.8) is 0 Å². The molecule has 3 fully saturated rings. The Morgan fingerprint density at radius 3 is 2.79 bits per heavy atom. The maximum atomic E-state index is 12.0. The number of aromatic nitrogens is 1. The van der Waals surface area contributed by atoms with Gasteiger partial charge in [-0.2, -0.15) is 0 Å². The second-order valence-electron chi connectivity index (χ2n) is 12.9. The lowest BCUT2D eigenvalue weighted by Gasteiger charge is -2.38. The zero-order valence-electron chi connectivity index (χ0n) is 25.1. The smallest absolute Gasteiger partial charge is 0.312 e. The predicted octanol–water partition coefficient (Wildman–Crippen LogP) is 6.15. The van der Waals surface area contributed by atoms with Crippen LogP contribution in [0, 0.1) is 32.1 Å². The fourth-order valence-corrected chi connectivity index (χ4v) is 8.80. The third-order valence-corrected chi connectivity index (χ3v) is 11.4. The lowest BCUT2D eigenvalue weighted by molar-refractivity contribution is -0.144. The van der Waals surface area contributed by atoms with E-state index in [0.717, 1.165) is 86.2 Å². The van der Waals surface area contributed by atoms with Crippen LogP contribution in [-0.2, 0) is 29.1 Å². The van der Waals surface area contributed by atoms with Crippen LogP contribution in [0.3, 0.4) is 0 Å². The van der Waals surface area contributed by atoms with Crippen molar-refractivity contribution in [3.8, 4) is 17.0 Å². The van der Waals surface area contributed by atoms with E-state index in [2.05, 4.69) is 60.2 Å². The van der Waals surface area contributed by atoms with E-state index in [1.54, 1.807) is 11.3 Å². The highest BCUT2D eigenvalue weighted by Crippen LogP contribution is 2.62. The van der Waals surface area contributed by atoms with Gasteiger partial charge in [0.1, 0.15) is 12.4 Å². The second-order valence-corrected chi connectivity index (χ2v) is 13.7. The van der Waals surface area contributed by atoms with Gasteiger partial charge in [-0.25, -0.2) is 4.98 Å². The lowest BCUT2D eigenvalue weighted by Crippen LogP contribution is -2.42. The first kappa shape index (κ1) is 27.9. The lowest BCUT2D eigenvalue weighted by atomic mass is 9.90. The third-order valence-electron chi connectivity index (χ3n) is 10.5. The molecule has 1 aliphatic carbocycles. The summed E-state index contributed by atoms with van der Waals surface area (Å²) in [5.41, 5.74) is 9.10. The number of rotatable bonds is 7. The third kappa shape index (κ3) is 4.63. The van der Waals surface area contributed by atoms with E-state index in [4.69, 9.17) is 14.5 Å². The molecule has 0 bridgehead atoms. The molecule has 7 rings (SSSR count). The summed E-state index contributed by atoms with van der Waals surface area (Å²) in [5.74, 6) is 0.431. The minimum atomic E-state index is -0.668. The highest BCUT2D eigenvalue weighted by molar-refractivity contribution is 7.14. The van der Waals surface area contributed by atoms with Crippen molar-refractivity contribution < 1.29 is 19.4 Å². The van der Waals surface area contributed by atoms with Crippen LogP contribution in [0.2, 0.25) is 0 Å². The summed E-state index contributed by atoms with van der Waals surface area (Å²) in [6.45, 7) is 13.7. The average molecular weight is 588 g/mol. The first-order valence-corrected chi connectivity index (χ1v) is 16.3. The van der Waals surface area contributed by atoms with E-state index >= 15 is 0 Å². The number of anilines is 1. The molecule has 0 unspecified atom stereocenters. The van der Waals surface area contributed by atoms with Crippen LogP contribution in [-0.4, -0.2) is 59.3 Å². The number of carboxylic acid groups (broad SMARTS) is 1. The molecule has 7 nitrogen and oxygen atoms in total. The SMILES string of the molecule is Cc1cc(C)c(OCc2ccc3c(c2C)CCN(C2CCOCC2)C3)c(-c2csc(N3C[C@@H]4C[C@]4(C(=O)O)[C@H]3C)n2)c1. The maximum Gasteiger partial charge on any atom is 0.312 e. The molecule has 4 aliphatic rings. The molecule has 3 aliphatic heterocycles. The summed E-state index contributed by atoms with van der Waals surface area (Å²) in [4.78, 5) is 21.9. The molecule has 0 amide bonds. The van der Waals surface area contributed by atoms with Crippen molar-refractivity contribution in [1.29, 1.82) is 0 Å². The molecule has 3 atom stereocenters. The van der Waals surface area contributed by atoms with Crippen LogP contribution < -0.4 is 9.64 Å². The summed E-state index contributed by atoms with van der Waals surface area (Å²) in [6.07, 6.45) is 4.14. The molecule has 4 heterocycles. The number of ether oxygens (including phenoxy) is 2. The van der Waals surface area contributed by atoms with Crippen LogP contribution in [0.4, 0.5) is 5.13 Å². The Labute approximate surface area is 252 Å². The van der Waals surface area contributed by atoms with Crippen LogP contribution in [0.15, 0.2) is 29.6 Å². The Kier molecular flexibility index (Phi) is 7.07. The van der Waals surface area contributed by atoms with E-state index in [-0.39, 0.29) is 12.0 Å². The summed E-state index contributed by atoms with van der Waals surface area (Å²) < 4.78 is 12.2. The van der Waals surface area contributed by atoms with Crippen LogP contribution >= 0.6 is 11.3 Å². The number of thiazole rings is 1. The Morgan fingerprint density at radius 1 is 1.21 bits per heavy atom. The normalized spacial score (nSPS) is 25.8. The molecule has 2 saturated heterocycles. The van der Waals surface area contributed by atoms with Gasteiger partial charge in [0.25, 0.3) is 0 Å². The number of aryl methyl sites for hydroxylation is 2. The minimum Gasteiger partial charge on any atom is -0.488 e. The Morgan fingerprint density at radius 2 is 2.02 bits per heavy atom. The maximum absolute atomic E-state index is 12.0. The molecule has 3 aromatic rings. The van der Waals surface area contributed by atoms with Gasteiger partial charge < -0.3 is 19.5 Å². The Balaban J connectivity index is 1.10. The zero-order chi connectivity index (χ0) is 29.2. The minimum absolute atomic E-state index is 0.0512. The largest absolute Gasteiger partial charge is 0.488 e. The molecule has 222 valence electrons. The summed E-state index contributed by atoms with van der Waals surface area (Å²) in [6, 6.07) is 9.49. The van der Waals surface area contributed by atoms with Gasteiger partial charge >= 0.3 is 5.97 Å². The standard InChI is InChI=1S/C34H41N3O4S/c1-20-13-21(2)31(29(14-20)30-19-42-33(35-30)37-17-26-15-34(26,23(37)4)32(38)39)41-18-25-6-5-24-16-36(10-7-28(24)22(25)3)27-8-11-40-12-9-27/h5-6,13-14,19,23,26-27H,7-12,15-18H2,1-4H3,(H,38,39)/t23-,26+,34+/m1/s1. The van der Waals surface area contributed by atoms with Gasteiger partial charge in [0.2, 0.25) is 0 Å². The Bertz CT molecular complexity index is 1530. The molecule has 42 heavy (non-hydrogen) atoms. The van der Waals surface area contributed by atoms with Crippen molar-refractivity contribution >= 4 is 22.4 Å². The molecule has 0 radical (unpaired) electrons. The van der Waals surface area contributed by atoms with Crippen LogP contribution in [0.1, 0.15) is 59.6 Å². The number of benzene rings is 2. The van der Waals surface area contributed by atoms with Gasteiger partial charge in [0.15, 0.2) is 5.13 Å². The molecule has 1 aromatic heterocycles. The van der Waals surface area contributed by atoms with E-state index in [9.17, 15) is 9.90 Å². The number of hydrogen-bond acceptors (Lipinski definition) is 7. The topological polar surface area (TPSA) is 75.1 Å². The number of nitrogens with zero attached hydrogens (tertiary/aromatic N) is 3. The van der Waals surface area contributed by atoms with Crippen LogP contribution in [0.25, 0.3) is 11.3 Å². The summed E-state index contributed by atoms with van der Waals surface area (Å²) in [7, 11) is 0. The summed E-state index contributed by atoms with van der Waals surface area (Å²) >= 11 is 1.60. The fourth-order valence-electron chi connectivity index (χ4n) is 7.88. The first-order chi connectivity index (χ1) is 20.3. The van der Waals surface area contributed by atoms with Gasteiger partial charge in [-0.3, -0.25) is 9.69 Å². The van der Waals surface area contributed by atoms with E-state index in [1.165, 1.54) is 27.8 Å². The molecule has 8 heteroatoms. The van der Waals surface area contributed by atoms with Gasteiger partial charge in [-0.15, -0.1) is 11.3 Å². The highest BCUT2D eigenvalue weighted by Gasteiger charge is 2.70. The van der Waals surface area contributed by atoms with Gasteiger partial charge in [0.05, 0.1) is 11.1 Å². The van der Waals surface area contributed by atoms with E-state index in [0.29, 0.717) is 12.6 Å². The zero-order valence-corrected chi connectivity index (χ0v) is 25.9. The van der Waals surface area contributed by atoms with Crippen molar-refractivity contribution in [3.05, 3.63) is 63.0 Å². The van der Waals surface area contributed by atoms with Gasteiger partial charge in [-0.1, -0.05) is 18.2 Å². The Hall–Kier alpha value is -2.94.